The van der Waals surface area contributed by atoms with Crippen LogP contribution >= 0.6 is 0 Å². The molecule has 4 nitrogen and oxygen atoms in total. The van der Waals surface area contributed by atoms with E-state index in [0.29, 0.717) is 12.8 Å². The molecular weight excluding hydrogens is 300 g/mol. The average molecular weight is 319 g/mol. The molecule has 1 fully saturated rings. The topological polar surface area (TPSA) is 57.6 Å². The molecule has 1 saturated heterocycles. The second kappa shape index (κ2) is 5.98. The molecule has 2 unspecified atom stereocenters. The third kappa shape index (κ3) is 2.69. The first kappa shape index (κ1) is 16.3. The van der Waals surface area contributed by atoms with Crippen molar-refractivity contribution >= 4 is 10.0 Å². The Labute approximate surface area is 123 Å². The van der Waals surface area contributed by atoms with E-state index in [0.717, 1.165) is 18.6 Å². The maximum atomic E-state index is 14.2. The highest BCUT2D eigenvalue weighted by Gasteiger charge is 2.40. The van der Waals surface area contributed by atoms with Gasteiger partial charge in [0.15, 0.2) is 5.82 Å². The fraction of sp³-hybridized carbons (Fsp3) is 0.571. The summed E-state index contributed by atoms with van der Waals surface area (Å²) in [6, 6.07) is 1.41. The van der Waals surface area contributed by atoms with Crippen LogP contribution in [0, 0.1) is 11.6 Å². The van der Waals surface area contributed by atoms with Crippen LogP contribution in [-0.2, 0) is 16.6 Å². The van der Waals surface area contributed by atoms with Gasteiger partial charge in [-0.15, -0.1) is 0 Å². The first-order chi connectivity index (χ1) is 9.84. The minimum Gasteiger partial charge on any atom is -0.391 e. The van der Waals surface area contributed by atoms with Crippen molar-refractivity contribution in [1.29, 1.82) is 0 Å². The third-order valence-electron chi connectivity index (χ3n) is 4.05. The van der Waals surface area contributed by atoms with Gasteiger partial charge in [0.2, 0.25) is 10.0 Å². The summed E-state index contributed by atoms with van der Waals surface area (Å²) in [5.74, 6) is -2.15. The molecule has 0 aromatic heterocycles. The monoisotopic (exact) mass is 319 g/mol. The van der Waals surface area contributed by atoms with Crippen molar-refractivity contribution in [1.82, 2.24) is 4.31 Å². The van der Waals surface area contributed by atoms with E-state index in [9.17, 15) is 17.2 Å². The van der Waals surface area contributed by atoms with Crippen molar-refractivity contribution in [3.05, 3.63) is 29.3 Å². The van der Waals surface area contributed by atoms with Crippen LogP contribution in [-0.4, -0.2) is 29.9 Å². The fourth-order valence-corrected chi connectivity index (χ4v) is 4.94. The van der Waals surface area contributed by atoms with E-state index in [1.807, 2.05) is 6.92 Å². The summed E-state index contributed by atoms with van der Waals surface area (Å²) in [6.07, 6.45) is 2.08. The highest BCUT2D eigenvalue weighted by molar-refractivity contribution is 7.89. The van der Waals surface area contributed by atoms with E-state index < -0.39 is 38.7 Å². The van der Waals surface area contributed by atoms with Gasteiger partial charge in [0.25, 0.3) is 0 Å². The highest BCUT2D eigenvalue weighted by atomic mass is 32.2. The molecule has 1 N–H and O–H groups in total. The Balaban J connectivity index is 2.54. The molecule has 7 heteroatoms. The van der Waals surface area contributed by atoms with E-state index >= 15 is 0 Å². The second-order valence-electron chi connectivity index (χ2n) is 5.32. The van der Waals surface area contributed by atoms with Crippen LogP contribution in [0.1, 0.15) is 38.7 Å². The van der Waals surface area contributed by atoms with Crippen LogP contribution in [0.25, 0.3) is 0 Å². The predicted octanol–water partition coefficient (Wildman–Crippen LogP) is 2.41. The van der Waals surface area contributed by atoms with Crippen LogP contribution < -0.4 is 0 Å². The van der Waals surface area contributed by atoms with Gasteiger partial charge in [0.05, 0.1) is 12.2 Å². The predicted molar refractivity (Wildman–Crippen MR) is 74.1 cm³/mol. The lowest BCUT2D eigenvalue weighted by Crippen LogP contribution is -2.40. The molecule has 2 atom stereocenters. The van der Waals surface area contributed by atoms with Gasteiger partial charge in [0.1, 0.15) is 10.7 Å². The molecule has 0 bridgehead atoms. The molecular formula is C14H19F2NO3S. The van der Waals surface area contributed by atoms with E-state index in [4.69, 9.17) is 5.11 Å². The van der Waals surface area contributed by atoms with Gasteiger partial charge in [-0.2, -0.15) is 4.31 Å². The number of aliphatic hydroxyl groups excluding tert-OH is 1. The number of nitrogens with zero attached hydrogens (tertiary/aromatic N) is 1. The Morgan fingerprint density at radius 2 is 2.00 bits per heavy atom. The van der Waals surface area contributed by atoms with Crippen molar-refractivity contribution < 1.29 is 22.3 Å². The molecule has 0 aliphatic carbocycles. The molecule has 21 heavy (non-hydrogen) atoms. The molecule has 0 radical (unpaired) electrons. The number of halogens is 2. The summed E-state index contributed by atoms with van der Waals surface area (Å²) in [5, 5.41) is 9.02. The summed E-state index contributed by atoms with van der Waals surface area (Å²) < 4.78 is 54.3. The lowest BCUT2D eigenvalue weighted by molar-refractivity contribution is 0.267. The summed E-state index contributed by atoms with van der Waals surface area (Å²) in [6.45, 7) is 2.78. The van der Waals surface area contributed by atoms with Gasteiger partial charge >= 0.3 is 0 Å². The van der Waals surface area contributed by atoms with Crippen LogP contribution in [0.5, 0.6) is 0 Å². The lowest BCUT2D eigenvalue weighted by atomic mass is 10.2. The average Bonchev–Trinajstić information content (AvgIpc) is 2.80. The maximum Gasteiger partial charge on any atom is 0.246 e. The van der Waals surface area contributed by atoms with Crippen LogP contribution in [0.3, 0.4) is 0 Å². The molecule has 1 heterocycles. The van der Waals surface area contributed by atoms with Crippen LogP contribution in [0.4, 0.5) is 8.78 Å². The van der Waals surface area contributed by atoms with E-state index in [1.165, 1.54) is 4.31 Å². The standard InChI is InChI=1S/C14H19F2NO3S/c1-3-10-5-4-9(2)17(10)21(19,20)13-7-6-12(15)11(8-18)14(13)16/h6-7,9-10,18H,3-5,8H2,1-2H3. The zero-order valence-corrected chi connectivity index (χ0v) is 12.8. The van der Waals surface area contributed by atoms with Crippen molar-refractivity contribution in [2.24, 2.45) is 0 Å². The molecule has 0 amide bonds. The number of rotatable bonds is 4. The van der Waals surface area contributed by atoms with Crippen molar-refractivity contribution in [2.75, 3.05) is 0 Å². The summed E-state index contributed by atoms with van der Waals surface area (Å²) in [5.41, 5.74) is -0.615. The molecule has 1 aromatic rings. The summed E-state index contributed by atoms with van der Waals surface area (Å²) in [7, 11) is -4.05. The lowest BCUT2D eigenvalue weighted by Gasteiger charge is -2.27. The molecule has 1 aliphatic rings. The summed E-state index contributed by atoms with van der Waals surface area (Å²) >= 11 is 0. The van der Waals surface area contributed by atoms with Gasteiger partial charge in [-0.25, -0.2) is 17.2 Å². The normalized spacial score (nSPS) is 23.7. The molecule has 2 rings (SSSR count). The van der Waals surface area contributed by atoms with Gasteiger partial charge in [-0.05, 0) is 38.3 Å². The van der Waals surface area contributed by atoms with Crippen molar-refractivity contribution in [3.8, 4) is 0 Å². The largest absolute Gasteiger partial charge is 0.391 e. The van der Waals surface area contributed by atoms with E-state index in [1.54, 1.807) is 6.92 Å². The number of sulfonamides is 1. The molecule has 0 spiro atoms. The van der Waals surface area contributed by atoms with Crippen molar-refractivity contribution in [2.45, 2.75) is 56.7 Å². The smallest absolute Gasteiger partial charge is 0.246 e. The Morgan fingerprint density at radius 1 is 1.33 bits per heavy atom. The van der Waals surface area contributed by atoms with Gasteiger partial charge in [-0.1, -0.05) is 6.92 Å². The molecule has 1 aromatic carbocycles. The second-order valence-corrected chi connectivity index (χ2v) is 7.13. The SMILES string of the molecule is CCC1CCC(C)N1S(=O)(=O)c1ccc(F)c(CO)c1F. The van der Waals surface area contributed by atoms with Crippen molar-refractivity contribution in [3.63, 3.8) is 0 Å². The number of hydrogen-bond donors (Lipinski definition) is 1. The first-order valence-electron chi connectivity index (χ1n) is 6.95. The number of benzene rings is 1. The number of hydrogen-bond acceptors (Lipinski definition) is 3. The minimum atomic E-state index is -4.05. The third-order valence-corrected chi connectivity index (χ3v) is 6.13. The minimum absolute atomic E-state index is 0.174. The van der Waals surface area contributed by atoms with Crippen LogP contribution in [0.2, 0.25) is 0 Å². The zero-order valence-electron chi connectivity index (χ0n) is 12.0. The molecule has 1 aliphatic heterocycles. The Kier molecular flexibility index (Phi) is 4.65. The Bertz CT molecular complexity index is 633. The van der Waals surface area contributed by atoms with E-state index in [-0.39, 0.29) is 12.1 Å². The Morgan fingerprint density at radius 3 is 2.57 bits per heavy atom. The van der Waals surface area contributed by atoms with Crippen LogP contribution in [0.15, 0.2) is 17.0 Å². The zero-order chi connectivity index (χ0) is 15.8. The fourth-order valence-electron chi connectivity index (χ4n) is 2.90. The molecule has 118 valence electrons. The quantitative estimate of drug-likeness (QED) is 0.927. The maximum absolute atomic E-state index is 14.2. The summed E-state index contributed by atoms with van der Waals surface area (Å²) in [4.78, 5) is -0.569. The molecule has 0 saturated carbocycles. The van der Waals surface area contributed by atoms with E-state index in [2.05, 4.69) is 0 Å². The Hall–Kier alpha value is -1.05. The van der Waals surface area contributed by atoms with Gasteiger partial charge in [-0.3, -0.25) is 0 Å². The highest BCUT2D eigenvalue weighted by Crippen LogP contribution is 2.34. The first-order valence-corrected chi connectivity index (χ1v) is 8.39. The number of aliphatic hydroxyl groups is 1. The van der Waals surface area contributed by atoms with Gasteiger partial charge in [0, 0.05) is 12.1 Å². The van der Waals surface area contributed by atoms with Gasteiger partial charge < -0.3 is 5.11 Å².